The maximum absolute atomic E-state index is 13.2. The zero-order valence-corrected chi connectivity index (χ0v) is 21.8. The highest BCUT2D eigenvalue weighted by Gasteiger charge is 2.26. The highest BCUT2D eigenvalue weighted by Crippen LogP contribution is 2.06. The van der Waals surface area contributed by atoms with E-state index in [1.807, 2.05) is 30.3 Å². The number of ketones is 1. The first kappa shape index (κ1) is 30.6. The minimum absolute atomic E-state index is 0.0111. The van der Waals surface area contributed by atoms with Gasteiger partial charge in [0.2, 0.25) is 17.7 Å². The monoisotopic (exact) mass is 503 g/mol. The predicted molar refractivity (Wildman–Crippen MR) is 140 cm³/mol. The van der Waals surface area contributed by atoms with Crippen molar-refractivity contribution >= 4 is 29.5 Å². The van der Waals surface area contributed by atoms with Gasteiger partial charge in [0.25, 0.3) is 0 Å². The van der Waals surface area contributed by atoms with Crippen molar-refractivity contribution in [2.24, 2.45) is 10.7 Å². The van der Waals surface area contributed by atoms with Crippen molar-refractivity contribution in [1.82, 2.24) is 26.2 Å². The highest BCUT2D eigenvalue weighted by atomic mass is 16.2. The number of aliphatic imine (C=N–C) groups is 1. The Labute approximate surface area is 213 Å². The minimum atomic E-state index is -0.886. The Balaban J connectivity index is 2.95. The molecule has 0 heterocycles. The SMILES string of the molecule is CNCCNC(=O)C(Cc1ccccc1)NC(=O)[C@H](CCCN=C(N)N(C)C)NC(=O)CCC(C)=O. The van der Waals surface area contributed by atoms with E-state index in [1.54, 1.807) is 26.0 Å². The van der Waals surface area contributed by atoms with Crippen LogP contribution in [-0.4, -0.2) is 87.2 Å². The van der Waals surface area contributed by atoms with Crippen LogP contribution < -0.4 is 27.0 Å². The van der Waals surface area contributed by atoms with E-state index in [0.29, 0.717) is 44.9 Å². The van der Waals surface area contributed by atoms with Gasteiger partial charge in [-0.1, -0.05) is 30.3 Å². The Morgan fingerprint density at radius 2 is 1.67 bits per heavy atom. The van der Waals surface area contributed by atoms with Crippen molar-refractivity contribution < 1.29 is 19.2 Å². The van der Waals surface area contributed by atoms with E-state index in [2.05, 4.69) is 26.3 Å². The summed E-state index contributed by atoms with van der Waals surface area (Å²) in [6, 6.07) is 7.67. The molecule has 0 aliphatic heterocycles. The van der Waals surface area contributed by atoms with Gasteiger partial charge in [0.15, 0.2) is 5.96 Å². The molecule has 0 aromatic heterocycles. The quantitative estimate of drug-likeness (QED) is 0.116. The second-order valence-corrected chi connectivity index (χ2v) is 8.74. The van der Waals surface area contributed by atoms with Gasteiger partial charge in [-0.25, -0.2) is 0 Å². The normalized spacial score (nSPS) is 12.8. The maximum atomic E-state index is 13.2. The Kier molecular flexibility index (Phi) is 14.5. The average Bonchev–Trinajstić information content (AvgIpc) is 2.84. The van der Waals surface area contributed by atoms with Crippen molar-refractivity contribution in [3.05, 3.63) is 35.9 Å². The molecule has 0 fully saturated rings. The van der Waals surface area contributed by atoms with Crippen LogP contribution in [0.15, 0.2) is 35.3 Å². The number of carbonyl (C=O) groups excluding carboxylic acids is 4. The third kappa shape index (κ3) is 12.8. The van der Waals surface area contributed by atoms with Crippen LogP contribution in [0, 0.1) is 0 Å². The van der Waals surface area contributed by atoms with Gasteiger partial charge in [-0.3, -0.25) is 19.4 Å². The fraction of sp³-hybridized carbons (Fsp3) is 0.560. The number of carbonyl (C=O) groups is 4. The topological polar surface area (TPSA) is 158 Å². The van der Waals surface area contributed by atoms with Crippen LogP contribution in [0.2, 0.25) is 0 Å². The van der Waals surface area contributed by atoms with Crippen molar-refractivity contribution in [2.75, 3.05) is 40.8 Å². The summed E-state index contributed by atoms with van der Waals surface area (Å²) in [5.41, 5.74) is 6.70. The van der Waals surface area contributed by atoms with Gasteiger partial charge in [-0.2, -0.15) is 0 Å². The number of nitrogens with zero attached hydrogens (tertiary/aromatic N) is 2. The maximum Gasteiger partial charge on any atom is 0.243 e. The number of benzene rings is 1. The summed E-state index contributed by atoms with van der Waals surface area (Å²) in [7, 11) is 5.34. The third-order valence-electron chi connectivity index (χ3n) is 5.33. The molecule has 3 amide bonds. The minimum Gasteiger partial charge on any atom is -0.370 e. The first-order chi connectivity index (χ1) is 17.1. The smallest absolute Gasteiger partial charge is 0.243 e. The molecule has 0 aliphatic carbocycles. The zero-order chi connectivity index (χ0) is 26.9. The van der Waals surface area contributed by atoms with Gasteiger partial charge in [-0.05, 0) is 32.4 Å². The molecule has 0 bridgehead atoms. The molecule has 11 heteroatoms. The number of guanidine groups is 1. The molecule has 2 atom stereocenters. The Morgan fingerprint density at radius 3 is 2.28 bits per heavy atom. The molecule has 1 rings (SSSR count). The fourth-order valence-electron chi connectivity index (χ4n) is 3.22. The number of likely N-dealkylation sites (N-methyl/N-ethyl adjacent to an activating group) is 1. The van der Waals surface area contributed by atoms with Crippen molar-refractivity contribution in [3.8, 4) is 0 Å². The number of hydrogen-bond donors (Lipinski definition) is 5. The fourth-order valence-corrected chi connectivity index (χ4v) is 3.22. The van der Waals surface area contributed by atoms with Gasteiger partial charge in [0.05, 0.1) is 0 Å². The van der Waals surface area contributed by atoms with Gasteiger partial charge in [0, 0.05) is 53.0 Å². The molecular formula is C25H41N7O4. The first-order valence-corrected chi connectivity index (χ1v) is 12.2. The lowest BCUT2D eigenvalue weighted by Gasteiger charge is -2.23. The number of amides is 3. The van der Waals surface area contributed by atoms with Gasteiger partial charge < -0.3 is 36.7 Å². The van der Waals surface area contributed by atoms with E-state index in [4.69, 9.17) is 5.73 Å². The molecule has 1 unspecified atom stereocenters. The van der Waals surface area contributed by atoms with Crippen LogP contribution >= 0.6 is 0 Å². The Hall–Kier alpha value is -3.47. The largest absolute Gasteiger partial charge is 0.370 e. The molecule has 0 radical (unpaired) electrons. The van der Waals surface area contributed by atoms with Crippen LogP contribution in [0.1, 0.15) is 38.2 Å². The molecule has 1 aromatic rings. The van der Waals surface area contributed by atoms with Crippen LogP contribution in [-0.2, 0) is 25.6 Å². The lowest BCUT2D eigenvalue weighted by atomic mass is 10.0. The lowest BCUT2D eigenvalue weighted by Crippen LogP contribution is -2.55. The molecule has 0 spiro atoms. The van der Waals surface area contributed by atoms with Gasteiger partial charge in [0.1, 0.15) is 17.9 Å². The van der Waals surface area contributed by atoms with Crippen molar-refractivity contribution in [2.45, 2.75) is 51.1 Å². The zero-order valence-electron chi connectivity index (χ0n) is 21.8. The van der Waals surface area contributed by atoms with E-state index in [0.717, 1.165) is 5.56 Å². The van der Waals surface area contributed by atoms with Crippen molar-refractivity contribution in [1.29, 1.82) is 0 Å². The Bertz CT molecular complexity index is 874. The summed E-state index contributed by atoms with van der Waals surface area (Å²) >= 11 is 0. The molecule has 36 heavy (non-hydrogen) atoms. The van der Waals surface area contributed by atoms with Crippen LogP contribution in [0.5, 0.6) is 0 Å². The summed E-state index contributed by atoms with van der Waals surface area (Å²) in [6.45, 7) is 2.77. The number of Topliss-reactive ketones (excluding diaryl/α,β-unsaturated/α-hetero) is 1. The van der Waals surface area contributed by atoms with E-state index in [9.17, 15) is 19.2 Å². The summed E-state index contributed by atoms with van der Waals surface area (Å²) in [4.78, 5) is 55.7. The first-order valence-electron chi connectivity index (χ1n) is 12.2. The molecule has 0 saturated carbocycles. The molecule has 0 saturated heterocycles. The van der Waals surface area contributed by atoms with Crippen LogP contribution in [0.4, 0.5) is 0 Å². The molecule has 6 N–H and O–H groups in total. The lowest BCUT2D eigenvalue weighted by molar-refractivity contribution is -0.132. The van der Waals surface area contributed by atoms with Gasteiger partial charge in [-0.15, -0.1) is 0 Å². The van der Waals surface area contributed by atoms with E-state index < -0.39 is 23.9 Å². The van der Waals surface area contributed by atoms with E-state index in [1.165, 1.54) is 6.92 Å². The molecule has 11 nitrogen and oxygen atoms in total. The number of rotatable bonds is 16. The summed E-state index contributed by atoms with van der Waals surface area (Å²) in [6.07, 6.45) is 1.16. The summed E-state index contributed by atoms with van der Waals surface area (Å²) in [5.74, 6) is -0.934. The number of nitrogens with two attached hydrogens (primary N) is 1. The second-order valence-electron chi connectivity index (χ2n) is 8.74. The second kappa shape index (κ2) is 17.0. The molecule has 1 aromatic carbocycles. The summed E-state index contributed by atoms with van der Waals surface area (Å²) < 4.78 is 0. The van der Waals surface area contributed by atoms with Crippen LogP contribution in [0.3, 0.4) is 0 Å². The molecule has 0 aliphatic rings. The standard InChI is InChI=1S/C25H41N7O4/c1-18(33)12-13-22(34)30-20(11-8-14-29-25(26)32(3)4)24(36)31-21(23(35)28-16-15-27-2)17-19-9-6-5-7-10-19/h5-7,9-10,20-21,27H,8,11-17H2,1-4H3,(H2,26,29)(H,28,35)(H,30,34)(H,31,36)/t20-,21?/m0/s1. The highest BCUT2D eigenvalue weighted by molar-refractivity contribution is 5.92. The molecule has 200 valence electrons. The summed E-state index contributed by atoms with van der Waals surface area (Å²) in [5, 5.41) is 11.3. The average molecular weight is 504 g/mol. The number of nitrogens with one attached hydrogen (secondary N) is 4. The van der Waals surface area contributed by atoms with E-state index in [-0.39, 0.29) is 24.5 Å². The van der Waals surface area contributed by atoms with E-state index >= 15 is 0 Å². The Morgan fingerprint density at radius 1 is 0.972 bits per heavy atom. The number of hydrogen-bond acceptors (Lipinski definition) is 6. The van der Waals surface area contributed by atoms with Crippen LogP contribution in [0.25, 0.3) is 0 Å². The molecular weight excluding hydrogens is 462 g/mol. The van der Waals surface area contributed by atoms with Crippen molar-refractivity contribution in [3.63, 3.8) is 0 Å². The van der Waals surface area contributed by atoms with Gasteiger partial charge >= 0.3 is 0 Å². The third-order valence-corrected chi connectivity index (χ3v) is 5.33. The predicted octanol–water partition coefficient (Wildman–Crippen LogP) is -0.440.